The zero-order chi connectivity index (χ0) is 24.8. The Labute approximate surface area is 201 Å². The third-order valence-electron chi connectivity index (χ3n) is 5.22. The molecule has 0 aliphatic carbocycles. The van der Waals surface area contributed by atoms with Crippen LogP contribution in [0.15, 0.2) is 36.9 Å². The Morgan fingerprint density at radius 2 is 1.83 bits per heavy atom. The quantitative estimate of drug-likeness (QED) is 0.350. The second-order valence-corrected chi connectivity index (χ2v) is 7.40. The number of nitrogens with one attached hydrogen (secondary N) is 2. The van der Waals surface area contributed by atoms with Gasteiger partial charge in [0.15, 0.2) is 17.2 Å². The van der Waals surface area contributed by atoms with E-state index in [2.05, 4.69) is 30.5 Å². The number of pyridine rings is 1. The molecule has 35 heavy (non-hydrogen) atoms. The average molecular weight is 479 g/mol. The summed E-state index contributed by atoms with van der Waals surface area (Å²) in [7, 11) is 3.07. The first kappa shape index (κ1) is 23.7. The number of aromatic amines is 1. The van der Waals surface area contributed by atoms with E-state index in [0.29, 0.717) is 57.9 Å². The Kier molecular flexibility index (Phi) is 7.24. The van der Waals surface area contributed by atoms with Crippen molar-refractivity contribution in [2.45, 2.75) is 26.7 Å². The summed E-state index contributed by atoms with van der Waals surface area (Å²) in [6.07, 6.45) is 5.36. The molecule has 0 bridgehead atoms. The minimum atomic E-state index is -0.248. The molecule has 182 valence electrons. The number of anilines is 1. The lowest BCUT2D eigenvalue weighted by molar-refractivity contribution is -0.115. The van der Waals surface area contributed by atoms with Gasteiger partial charge in [-0.1, -0.05) is 6.92 Å². The number of amides is 1. The largest absolute Gasteiger partial charge is 0.495 e. The molecular formula is C24H26N6O5. The minimum absolute atomic E-state index is 0.0134. The molecule has 2 N–H and O–H groups in total. The van der Waals surface area contributed by atoms with Crippen LogP contribution in [0.25, 0.3) is 10.9 Å². The van der Waals surface area contributed by atoms with E-state index in [4.69, 9.17) is 18.9 Å². The number of carbonyl (C=O) groups excluding carboxylic acids is 1. The Morgan fingerprint density at radius 3 is 2.57 bits per heavy atom. The number of hydrogen-bond donors (Lipinski definition) is 2. The van der Waals surface area contributed by atoms with Crippen LogP contribution in [0.2, 0.25) is 0 Å². The van der Waals surface area contributed by atoms with Gasteiger partial charge in [0.05, 0.1) is 56.2 Å². The highest BCUT2D eigenvalue weighted by Crippen LogP contribution is 2.36. The SMILES string of the molecule is CCOc1cc2ncnc(Oc3cnc(CC(=O)Nc4[nH]ncc4CC)c(OC)c3)c2cc1OC. The highest BCUT2D eigenvalue weighted by Gasteiger charge is 2.16. The minimum Gasteiger partial charge on any atom is -0.495 e. The van der Waals surface area contributed by atoms with Crippen molar-refractivity contribution in [3.63, 3.8) is 0 Å². The monoisotopic (exact) mass is 478 g/mol. The fourth-order valence-electron chi connectivity index (χ4n) is 3.50. The molecule has 3 aromatic heterocycles. The molecule has 0 saturated heterocycles. The number of H-pyrrole nitrogens is 1. The van der Waals surface area contributed by atoms with E-state index in [1.807, 2.05) is 13.8 Å². The highest BCUT2D eigenvalue weighted by molar-refractivity contribution is 5.92. The van der Waals surface area contributed by atoms with E-state index < -0.39 is 0 Å². The van der Waals surface area contributed by atoms with Crippen molar-refractivity contribution in [1.29, 1.82) is 0 Å². The van der Waals surface area contributed by atoms with E-state index in [-0.39, 0.29) is 12.3 Å². The molecule has 0 aliphatic heterocycles. The number of benzene rings is 1. The lowest BCUT2D eigenvalue weighted by Crippen LogP contribution is -2.17. The number of rotatable bonds is 10. The first-order valence-corrected chi connectivity index (χ1v) is 11.0. The summed E-state index contributed by atoms with van der Waals surface area (Å²) in [5, 5.41) is 10.2. The van der Waals surface area contributed by atoms with Crippen LogP contribution in [0.1, 0.15) is 25.1 Å². The van der Waals surface area contributed by atoms with Crippen LogP contribution < -0.4 is 24.3 Å². The zero-order valence-corrected chi connectivity index (χ0v) is 19.9. The van der Waals surface area contributed by atoms with Gasteiger partial charge >= 0.3 is 0 Å². The number of carbonyl (C=O) groups is 1. The van der Waals surface area contributed by atoms with Crippen LogP contribution in [-0.4, -0.2) is 51.9 Å². The van der Waals surface area contributed by atoms with E-state index >= 15 is 0 Å². The highest BCUT2D eigenvalue weighted by atomic mass is 16.5. The summed E-state index contributed by atoms with van der Waals surface area (Å²) in [6, 6.07) is 5.19. The Morgan fingerprint density at radius 1 is 1.00 bits per heavy atom. The summed E-state index contributed by atoms with van der Waals surface area (Å²) in [5.41, 5.74) is 2.02. The van der Waals surface area contributed by atoms with Crippen LogP contribution in [0, 0.1) is 0 Å². The molecule has 0 radical (unpaired) electrons. The summed E-state index contributed by atoms with van der Waals surface area (Å²) >= 11 is 0. The number of hydrogen-bond acceptors (Lipinski definition) is 9. The zero-order valence-electron chi connectivity index (χ0n) is 19.9. The third kappa shape index (κ3) is 5.24. The van der Waals surface area contributed by atoms with Crippen LogP contribution in [-0.2, 0) is 17.6 Å². The van der Waals surface area contributed by atoms with E-state index in [1.165, 1.54) is 19.6 Å². The van der Waals surface area contributed by atoms with Crippen molar-refractivity contribution >= 4 is 22.6 Å². The number of aromatic nitrogens is 5. The summed E-state index contributed by atoms with van der Waals surface area (Å²) in [4.78, 5) is 25.5. The molecule has 0 atom stereocenters. The summed E-state index contributed by atoms with van der Waals surface area (Å²) in [5.74, 6) is 2.57. The van der Waals surface area contributed by atoms with Crippen molar-refractivity contribution in [1.82, 2.24) is 25.1 Å². The Hall–Kier alpha value is -4.41. The maximum Gasteiger partial charge on any atom is 0.231 e. The number of fused-ring (bicyclic) bond motifs is 1. The van der Waals surface area contributed by atoms with Gasteiger partial charge in [0.2, 0.25) is 11.8 Å². The first-order valence-electron chi connectivity index (χ1n) is 11.0. The molecule has 11 heteroatoms. The molecule has 0 unspecified atom stereocenters. The molecular weight excluding hydrogens is 452 g/mol. The first-order chi connectivity index (χ1) is 17.1. The van der Waals surface area contributed by atoms with Crippen LogP contribution in [0.3, 0.4) is 0 Å². The number of nitrogens with zero attached hydrogens (tertiary/aromatic N) is 4. The van der Waals surface area contributed by atoms with Crippen molar-refractivity contribution in [2.75, 3.05) is 26.1 Å². The van der Waals surface area contributed by atoms with Gasteiger partial charge in [0, 0.05) is 17.7 Å². The topological polar surface area (TPSA) is 133 Å². The fraction of sp³-hybridized carbons (Fsp3) is 0.292. The fourth-order valence-corrected chi connectivity index (χ4v) is 3.50. The maximum absolute atomic E-state index is 12.5. The molecule has 3 heterocycles. The molecule has 4 aromatic rings. The lowest BCUT2D eigenvalue weighted by Gasteiger charge is -2.13. The van der Waals surface area contributed by atoms with Gasteiger partial charge in [-0.3, -0.25) is 14.9 Å². The smallest absolute Gasteiger partial charge is 0.231 e. The number of aryl methyl sites for hydroxylation is 1. The molecule has 1 aromatic carbocycles. The standard InChI is InChI=1S/C24H26N6O5/c1-5-14-11-28-30-23(14)29-22(31)10-18-19(32-3)7-15(12-25-18)35-24-16-8-20(33-4)21(34-6-2)9-17(16)26-13-27-24/h7-9,11-13H,5-6,10H2,1-4H3,(H2,28,29,30,31). The van der Waals surface area contributed by atoms with E-state index in [1.54, 1.807) is 31.5 Å². The predicted octanol–water partition coefficient (Wildman–Crippen LogP) is 3.70. The maximum atomic E-state index is 12.5. The van der Waals surface area contributed by atoms with Gasteiger partial charge in [-0.15, -0.1) is 0 Å². The van der Waals surface area contributed by atoms with E-state index in [0.717, 1.165) is 12.0 Å². The lowest BCUT2D eigenvalue weighted by atomic mass is 10.2. The van der Waals surface area contributed by atoms with Crippen LogP contribution in [0.4, 0.5) is 5.82 Å². The normalized spacial score (nSPS) is 10.7. The second kappa shape index (κ2) is 10.7. The van der Waals surface area contributed by atoms with Crippen LogP contribution >= 0.6 is 0 Å². The molecule has 0 saturated carbocycles. The van der Waals surface area contributed by atoms with Gasteiger partial charge < -0.3 is 24.3 Å². The van der Waals surface area contributed by atoms with Gasteiger partial charge in [-0.2, -0.15) is 5.10 Å². The molecule has 0 spiro atoms. The van der Waals surface area contributed by atoms with Crippen molar-refractivity contribution < 1.29 is 23.7 Å². The Bertz CT molecular complexity index is 1340. The Balaban J connectivity index is 1.56. The molecule has 0 aliphatic rings. The van der Waals surface area contributed by atoms with Gasteiger partial charge in [0.25, 0.3) is 0 Å². The van der Waals surface area contributed by atoms with E-state index in [9.17, 15) is 4.79 Å². The summed E-state index contributed by atoms with van der Waals surface area (Å²) in [6.45, 7) is 4.37. The van der Waals surface area contributed by atoms with Crippen molar-refractivity contribution in [3.05, 3.63) is 48.2 Å². The van der Waals surface area contributed by atoms with Crippen molar-refractivity contribution in [3.8, 4) is 28.9 Å². The number of ether oxygens (including phenoxy) is 4. The third-order valence-corrected chi connectivity index (χ3v) is 5.22. The molecule has 4 rings (SSSR count). The van der Waals surface area contributed by atoms with Gasteiger partial charge in [0.1, 0.15) is 17.9 Å². The number of methoxy groups -OCH3 is 2. The molecule has 1 amide bonds. The summed E-state index contributed by atoms with van der Waals surface area (Å²) < 4.78 is 22.5. The average Bonchev–Trinajstić information content (AvgIpc) is 3.31. The van der Waals surface area contributed by atoms with Crippen molar-refractivity contribution in [2.24, 2.45) is 0 Å². The molecule has 11 nitrogen and oxygen atoms in total. The molecule has 0 fully saturated rings. The van der Waals surface area contributed by atoms with Gasteiger partial charge in [-0.25, -0.2) is 9.97 Å². The predicted molar refractivity (Wildman–Crippen MR) is 128 cm³/mol. The van der Waals surface area contributed by atoms with Gasteiger partial charge in [-0.05, 0) is 19.4 Å². The second-order valence-electron chi connectivity index (χ2n) is 7.40. The van der Waals surface area contributed by atoms with Crippen LogP contribution in [0.5, 0.6) is 28.9 Å².